The Labute approximate surface area is 185 Å². The van der Waals surface area contributed by atoms with Gasteiger partial charge in [0.2, 0.25) is 5.91 Å². The van der Waals surface area contributed by atoms with Crippen LogP contribution in [-0.2, 0) is 11.3 Å². The van der Waals surface area contributed by atoms with E-state index >= 15 is 0 Å². The lowest BCUT2D eigenvalue weighted by atomic mass is 10.2. The summed E-state index contributed by atoms with van der Waals surface area (Å²) in [6.45, 7) is 1.02. The van der Waals surface area contributed by atoms with Gasteiger partial charge in [0.15, 0.2) is 11.5 Å². The predicted octanol–water partition coefficient (Wildman–Crippen LogP) is 5.13. The van der Waals surface area contributed by atoms with Crippen molar-refractivity contribution in [1.82, 2.24) is 9.78 Å². The Balaban J connectivity index is 1.84. The molecule has 1 amide bonds. The molecule has 1 aromatic heterocycles. The Bertz CT molecular complexity index is 1170. The second-order valence-corrected chi connectivity index (χ2v) is 6.89. The van der Waals surface area contributed by atoms with E-state index in [0.29, 0.717) is 11.5 Å². The number of anilines is 1. The zero-order valence-corrected chi connectivity index (χ0v) is 17.6. The van der Waals surface area contributed by atoms with Crippen molar-refractivity contribution < 1.29 is 28.0 Å². The summed E-state index contributed by atoms with van der Waals surface area (Å²) in [6.07, 6.45) is -2.89. The van der Waals surface area contributed by atoms with Crippen molar-refractivity contribution in [1.29, 1.82) is 0 Å². The van der Waals surface area contributed by atoms with Crippen molar-refractivity contribution in [3.8, 4) is 17.2 Å². The number of carbonyl (C=O) groups is 1. The highest BCUT2D eigenvalue weighted by atomic mass is 35.5. The van der Waals surface area contributed by atoms with Gasteiger partial charge in [-0.15, -0.1) is 0 Å². The number of hydrogen-bond acceptors (Lipinski definition) is 6. The van der Waals surface area contributed by atoms with Crippen LogP contribution >= 0.6 is 11.6 Å². The highest BCUT2D eigenvalue weighted by molar-refractivity contribution is 6.31. The van der Waals surface area contributed by atoms with E-state index in [9.17, 15) is 23.7 Å². The number of nitro groups is 1. The zero-order valence-electron chi connectivity index (χ0n) is 16.8. The van der Waals surface area contributed by atoms with Crippen molar-refractivity contribution in [2.45, 2.75) is 19.9 Å². The highest BCUT2D eigenvalue weighted by Crippen LogP contribution is 2.34. The molecule has 3 aromatic rings. The van der Waals surface area contributed by atoms with Gasteiger partial charge in [-0.1, -0.05) is 23.7 Å². The predicted molar refractivity (Wildman–Crippen MR) is 112 cm³/mol. The molecule has 12 heteroatoms. The second kappa shape index (κ2) is 9.60. The molecule has 0 radical (unpaired) electrons. The molecule has 2 aromatic carbocycles. The normalized spacial score (nSPS) is 10.8. The lowest BCUT2D eigenvalue weighted by molar-refractivity contribution is -0.384. The number of ether oxygens (including phenoxy) is 2. The molecule has 0 unspecified atom stereocenters. The maximum atomic E-state index is 13.0. The summed E-state index contributed by atoms with van der Waals surface area (Å²) in [5, 5.41) is 17.2. The summed E-state index contributed by atoms with van der Waals surface area (Å²) in [5.41, 5.74) is -0.693. The summed E-state index contributed by atoms with van der Waals surface area (Å²) in [5.74, 6) is 0.147. The number of nitrogens with zero attached hydrogens (tertiary/aromatic N) is 3. The summed E-state index contributed by atoms with van der Waals surface area (Å²) in [4.78, 5) is 23.1. The molecule has 0 aliphatic carbocycles. The summed E-state index contributed by atoms with van der Waals surface area (Å²) in [6, 6.07) is 10.4. The summed E-state index contributed by atoms with van der Waals surface area (Å²) >= 11 is 5.83. The molecule has 0 aliphatic heterocycles. The Morgan fingerprint density at radius 1 is 1.28 bits per heavy atom. The SMILES string of the molecule is COc1ccccc1Oc1cc(NC(=O)Cn2nc(C(F)F)c(Cl)c2C)cc([N+](=O)[O-])c1. The topological polar surface area (TPSA) is 109 Å². The minimum Gasteiger partial charge on any atom is -0.493 e. The fraction of sp³-hybridized carbons (Fsp3) is 0.200. The third-order valence-electron chi connectivity index (χ3n) is 4.34. The molecule has 1 heterocycles. The van der Waals surface area contributed by atoms with Gasteiger partial charge in [-0.2, -0.15) is 5.10 Å². The lowest BCUT2D eigenvalue weighted by Gasteiger charge is -2.12. The third-order valence-corrected chi connectivity index (χ3v) is 4.81. The van der Waals surface area contributed by atoms with Gasteiger partial charge in [0.05, 0.1) is 34.5 Å². The lowest BCUT2D eigenvalue weighted by Crippen LogP contribution is -2.20. The van der Waals surface area contributed by atoms with Gasteiger partial charge in [-0.3, -0.25) is 19.6 Å². The van der Waals surface area contributed by atoms with E-state index in [2.05, 4.69) is 10.4 Å². The van der Waals surface area contributed by atoms with E-state index < -0.39 is 29.5 Å². The molecule has 9 nitrogen and oxygen atoms in total. The molecule has 0 atom stereocenters. The van der Waals surface area contributed by atoms with E-state index in [-0.39, 0.29) is 27.8 Å². The minimum atomic E-state index is -2.89. The van der Waals surface area contributed by atoms with Crippen molar-refractivity contribution in [3.05, 3.63) is 69.0 Å². The number of non-ortho nitro benzene ring substituents is 1. The van der Waals surface area contributed by atoms with Crippen LogP contribution in [-0.4, -0.2) is 27.7 Å². The summed E-state index contributed by atoms with van der Waals surface area (Å²) in [7, 11) is 1.45. The van der Waals surface area contributed by atoms with Gasteiger partial charge in [0.25, 0.3) is 12.1 Å². The monoisotopic (exact) mass is 466 g/mol. The molecule has 0 saturated heterocycles. The van der Waals surface area contributed by atoms with Crippen LogP contribution in [0.15, 0.2) is 42.5 Å². The average molecular weight is 467 g/mol. The molecule has 1 N–H and O–H groups in total. The van der Waals surface area contributed by atoms with Gasteiger partial charge in [-0.05, 0) is 19.1 Å². The Morgan fingerprint density at radius 2 is 1.97 bits per heavy atom. The van der Waals surface area contributed by atoms with Crippen LogP contribution in [0.3, 0.4) is 0 Å². The average Bonchev–Trinajstić information content (AvgIpc) is 3.02. The number of para-hydroxylation sites is 2. The quantitative estimate of drug-likeness (QED) is 0.364. The van der Waals surface area contributed by atoms with Crippen LogP contribution in [0.1, 0.15) is 17.8 Å². The van der Waals surface area contributed by atoms with E-state index in [1.807, 2.05) is 0 Å². The van der Waals surface area contributed by atoms with Crippen molar-refractivity contribution in [2.24, 2.45) is 0 Å². The molecule has 3 rings (SSSR count). The smallest absolute Gasteiger partial charge is 0.283 e. The van der Waals surface area contributed by atoms with Crippen LogP contribution in [0.4, 0.5) is 20.2 Å². The van der Waals surface area contributed by atoms with Crippen LogP contribution in [0.2, 0.25) is 5.02 Å². The van der Waals surface area contributed by atoms with Crippen molar-refractivity contribution in [2.75, 3.05) is 12.4 Å². The molecule has 0 aliphatic rings. The maximum absolute atomic E-state index is 13.0. The number of alkyl halides is 2. The zero-order chi connectivity index (χ0) is 23.4. The molecule has 0 fully saturated rings. The molecule has 168 valence electrons. The first-order valence-corrected chi connectivity index (χ1v) is 9.48. The van der Waals surface area contributed by atoms with Gasteiger partial charge in [0.1, 0.15) is 18.0 Å². The van der Waals surface area contributed by atoms with Crippen LogP contribution < -0.4 is 14.8 Å². The number of hydrogen-bond donors (Lipinski definition) is 1. The van der Waals surface area contributed by atoms with Gasteiger partial charge in [0, 0.05) is 12.1 Å². The summed E-state index contributed by atoms with van der Waals surface area (Å²) < 4.78 is 37.8. The molecule has 0 saturated carbocycles. The minimum absolute atomic E-state index is 0.0686. The van der Waals surface area contributed by atoms with E-state index in [1.165, 1.54) is 26.2 Å². The van der Waals surface area contributed by atoms with Crippen molar-refractivity contribution >= 4 is 28.9 Å². The first-order chi connectivity index (χ1) is 15.2. The van der Waals surface area contributed by atoms with E-state index in [0.717, 1.165) is 10.7 Å². The molecular weight excluding hydrogens is 450 g/mol. The number of nitrogens with one attached hydrogen (secondary N) is 1. The maximum Gasteiger partial charge on any atom is 0.283 e. The number of amides is 1. The number of halogens is 3. The number of carbonyl (C=O) groups excluding carboxylic acids is 1. The third kappa shape index (κ3) is 5.11. The largest absolute Gasteiger partial charge is 0.493 e. The molecule has 32 heavy (non-hydrogen) atoms. The second-order valence-electron chi connectivity index (χ2n) is 6.52. The fourth-order valence-corrected chi connectivity index (χ4v) is 3.05. The molecular formula is C20H17ClF2N4O5. The first kappa shape index (κ1) is 22.9. The Kier molecular flexibility index (Phi) is 6.89. The van der Waals surface area contributed by atoms with Gasteiger partial charge >= 0.3 is 0 Å². The number of rotatable bonds is 8. The molecule has 0 bridgehead atoms. The van der Waals surface area contributed by atoms with Crippen LogP contribution in [0.25, 0.3) is 0 Å². The molecule has 0 spiro atoms. The fourth-order valence-electron chi connectivity index (χ4n) is 2.83. The number of aromatic nitrogens is 2. The van der Waals surface area contributed by atoms with E-state index in [4.69, 9.17) is 21.1 Å². The number of nitro benzene ring substituents is 1. The van der Waals surface area contributed by atoms with Crippen molar-refractivity contribution in [3.63, 3.8) is 0 Å². The van der Waals surface area contributed by atoms with Crippen LogP contribution in [0, 0.1) is 17.0 Å². The van der Waals surface area contributed by atoms with Crippen LogP contribution in [0.5, 0.6) is 17.2 Å². The highest BCUT2D eigenvalue weighted by Gasteiger charge is 2.22. The number of benzene rings is 2. The Hall–Kier alpha value is -3.73. The first-order valence-electron chi connectivity index (χ1n) is 9.10. The van der Waals surface area contributed by atoms with Gasteiger partial charge < -0.3 is 14.8 Å². The number of methoxy groups -OCH3 is 1. The van der Waals surface area contributed by atoms with Gasteiger partial charge in [-0.25, -0.2) is 8.78 Å². The Morgan fingerprint density at radius 3 is 2.56 bits per heavy atom. The van der Waals surface area contributed by atoms with E-state index in [1.54, 1.807) is 24.3 Å². The standard InChI is InChI=1S/C20H17ClF2N4O5/c1-11-18(21)19(20(22)23)25-26(11)10-17(28)24-12-7-13(27(29)30)9-14(8-12)32-16-6-4-3-5-15(16)31-2/h3-9,20H,10H2,1-2H3,(H,24,28).